The van der Waals surface area contributed by atoms with Crippen LogP contribution in [0.25, 0.3) is 0 Å². The number of amides is 1. The maximum atomic E-state index is 12.3. The van der Waals surface area contributed by atoms with Gasteiger partial charge < -0.3 is 10.1 Å². The Morgan fingerprint density at radius 1 is 1.00 bits per heavy atom. The van der Waals surface area contributed by atoms with Gasteiger partial charge in [-0.05, 0) is 49.4 Å². The number of anilines is 1. The summed E-state index contributed by atoms with van der Waals surface area (Å²) >= 11 is 0. The average molecular weight is 335 g/mol. The van der Waals surface area contributed by atoms with Gasteiger partial charge >= 0.3 is 0 Å². The molecule has 0 radical (unpaired) electrons. The van der Waals surface area contributed by atoms with Crippen LogP contribution in [0.2, 0.25) is 0 Å². The van der Waals surface area contributed by atoms with E-state index in [0.717, 1.165) is 10.4 Å². The first-order valence-electron chi connectivity index (χ1n) is 7.81. The van der Waals surface area contributed by atoms with Crippen molar-refractivity contribution in [2.24, 2.45) is 0 Å². The van der Waals surface area contributed by atoms with E-state index in [4.69, 9.17) is 4.74 Å². The fourth-order valence-electron chi connectivity index (χ4n) is 2.25. The molecule has 3 aromatic rings. The minimum atomic E-state index is -0.714. The molecule has 1 atom stereocenters. The Morgan fingerprint density at radius 3 is 2.36 bits per heavy atom. The summed E-state index contributed by atoms with van der Waals surface area (Å²) in [6, 6.07) is 18.6. The Morgan fingerprint density at radius 2 is 1.68 bits per heavy atom. The van der Waals surface area contributed by atoms with Gasteiger partial charge in [-0.25, -0.2) is 4.68 Å². The van der Waals surface area contributed by atoms with Crippen LogP contribution in [0.3, 0.4) is 0 Å². The Hall–Kier alpha value is -3.41. The van der Waals surface area contributed by atoms with E-state index in [1.165, 1.54) is 18.3 Å². The van der Waals surface area contributed by atoms with Crippen LogP contribution in [0.1, 0.15) is 13.0 Å². The average Bonchev–Trinajstić information content (AvgIpc) is 2.64. The third-order valence-corrected chi connectivity index (χ3v) is 3.59. The Bertz CT molecular complexity index is 905. The predicted molar refractivity (Wildman–Crippen MR) is 94.8 cm³/mol. The molecule has 126 valence electrons. The van der Waals surface area contributed by atoms with Gasteiger partial charge in [0, 0.05) is 18.0 Å². The number of benzene rings is 2. The van der Waals surface area contributed by atoms with Crippen molar-refractivity contribution < 1.29 is 9.53 Å². The van der Waals surface area contributed by atoms with Gasteiger partial charge in [0.05, 0.1) is 0 Å². The molecule has 1 amide bonds. The lowest BCUT2D eigenvalue weighted by Crippen LogP contribution is -2.32. The summed E-state index contributed by atoms with van der Waals surface area (Å²) in [5.41, 5.74) is 0.290. The highest BCUT2D eigenvalue weighted by Crippen LogP contribution is 2.22. The number of carbonyl (C=O) groups excluding carboxylic acids is 1. The molecule has 0 aliphatic heterocycles. The minimum absolute atomic E-state index is 0.322. The summed E-state index contributed by atoms with van der Waals surface area (Å²) in [5, 5.41) is 6.69. The molecular weight excluding hydrogens is 318 g/mol. The maximum absolute atomic E-state index is 12.3. The first-order valence-corrected chi connectivity index (χ1v) is 7.81. The van der Waals surface area contributed by atoms with Gasteiger partial charge in [0.15, 0.2) is 0 Å². The highest BCUT2D eigenvalue weighted by molar-refractivity contribution is 5.93. The monoisotopic (exact) mass is 335 g/mol. The van der Waals surface area contributed by atoms with Crippen molar-refractivity contribution in [3.8, 4) is 11.5 Å². The molecule has 6 heteroatoms. The summed E-state index contributed by atoms with van der Waals surface area (Å²) in [7, 11) is 0. The smallest absolute Gasteiger partial charge is 0.267 e. The zero-order chi connectivity index (χ0) is 17.6. The SMILES string of the molecule is CC(C(=O)Nc1ccc(Oc2ccccc2)cc1)n1ncccc1=O. The van der Waals surface area contributed by atoms with Gasteiger partial charge in [-0.1, -0.05) is 18.2 Å². The van der Waals surface area contributed by atoms with Crippen LogP contribution in [0.4, 0.5) is 5.69 Å². The molecular formula is C19H17N3O3. The van der Waals surface area contributed by atoms with Crippen molar-refractivity contribution in [3.63, 3.8) is 0 Å². The highest BCUT2D eigenvalue weighted by Gasteiger charge is 2.16. The van der Waals surface area contributed by atoms with Crippen LogP contribution < -0.4 is 15.6 Å². The first-order chi connectivity index (χ1) is 12.1. The number of nitrogens with one attached hydrogen (secondary N) is 1. The van der Waals surface area contributed by atoms with Gasteiger partial charge in [-0.3, -0.25) is 9.59 Å². The lowest BCUT2D eigenvalue weighted by molar-refractivity contribution is -0.119. The Kier molecular flexibility index (Phi) is 4.89. The zero-order valence-corrected chi connectivity index (χ0v) is 13.6. The molecule has 2 aromatic carbocycles. The summed E-state index contributed by atoms with van der Waals surface area (Å²) in [5.74, 6) is 1.08. The molecule has 1 N–H and O–H groups in total. The third-order valence-electron chi connectivity index (χ3n) is 3.59. The first kappa shape index (κ1) is 16.4. The Labute approximate surface area is 144 Å². The van der Waals surface area contributed by atoms with Crippen molar-refractivity contribution in [1.82, 2.24) is 9.78 Å². The summed E-state index contributed by atoms with van der Waals surface area (Å²) < 4.78 is 6.84. The second-order valence-electron chi connectivity index (χ2n) is 5.41. The molecule has 0 fully saturated rings. The summed E-state index contributed by atoms with van der Waals surface area (Å²) in [6.07, 6.45) is 1.47. The van der Waals surface area contributed by atoms with Crippen molar-refractivity contribution in [3.05, 3.63) is 83.3 Å². The maximum Gasteiger partial charge on any atom is 0.267 e. The molecule has 0 bridgehead atoms. The fourth-order valence-corrected chi connectivity index (χ4v) is 2.25. The van der Waals surface area contributed by atoms with Crippen LogP contribution in [-0.4, -0.2) is 15.7 Å². The van der Waals surface area contributed by atoms with E-state index in [2.05, 4.69) is 10.4 Å². The van der Waals surface area contributed by atoms with Gasteiger partial charge in [-0.15, -0.1) is 0 Å². The number of carbonyl (C=O) groups is 1. The predicted octanol–water partition coefficient (Wildman–Crippen LogP) is 3.24. The molecule has 1 aromatic heterocycles. The fraction of sp³-hybridized carbons (Fsp3) is 0.105. The molecule has 6 nitrogen and oxygen atoms in total. The van der Waals surface area contributed by atoms with E-state index < -0.39 is 6.04 Å². The molecule has 0 saturated carbocycles. The van der Waals surface area contributed by atoms with Gasteiger partial charge in [0.1, 0.15) is 17.5 Å². The number of hydrogen-bond acceptors (Lipinski definition) is 4. The molecule has 0 aliphatic carbocycles. The van der Waals surface area contributed by atoms with Crippen LogP contribution in [0.15, 0.2) is 77.7 Å². The van der Waals surface area contributed by atoms with E-state index in [9.17, 15) is 9.59 Å². The van der Waals surface area contributed by atoms with Crippen LogP contribution in [-0.2, 0) is 4.79 Å². The molecule has 1 heterocycles. The van der Waals surface area contributed by atoms with E-state index in [1.807, 2.05) is 30.3 Å². The summed E-state index contributed by atoms with van der Waals surface area (Å²) in [4.78, 5) is 24.0. The Balaban J connectivity index is 1.66. The molecule has 0 saturated heterocycles. The lowest BCUT2D eigenvalue weighted by atomic mass is 10.2. The van der Waals surface area contributed by atoms with Gasteiger partial charge in [0.2, 0.25) is 5.91 Å². The number of nitrogens with zero attached hydrogens (tertiary/aromatic N) is 2. The molecule has 0 aliphatic rings. The molecule has 3 rings (SSSR count). The van der Waals surface area contributed by atoms with Crippen LogP contribution >= 0.6 is 0 Å². The van der Waals surface area contributed by atoms with Crippen molar-refractivity contribution in [1.29, 1.82) is 0 Å². The van der Waals surface area contributed by atoms with Crippen molar-refractivity contribution in [2.75, 3.05) is 5.32 Å². The van der Waals surface area contributed by atoms with Crippen molar-refractivity contribution >= 4 is 11.6 Å². The largest absolute Gasteiger partial charge is 0.457 e. The van der Waals surface area contributed by atoms with Gasteiger partial charge in [-0.2, -0.15) is 5.10 Å². The molecule has 25 heavy (non-hydrogen) atoms. The standard InChI is InChI=1S/C19H17N3O3/c1-14(22-18(23)8-5-13-20-22)19(24)21-15-9-11-17(12-10-15)25-16-6-3-2-4-7-16/h2-14H,1H3,(H,21,24). The van der Waals surface area contributed by atoms with E-state index >= 15 is 0 Å². The second-order valence-corrected chi connectivity index (χ2v) is 5.41. The van der Waals surface area contributed by atoms with Crippen molar-refractivity contribution in [2.45, 2.75) is 13.0 Å². The van der Waals surface area contributed by atoms with Gasteiger partial charge in [0.25, 0.3) is 5.56 Å². The number of hydrogen-bond donors (Lipinski definition) is 1. The third kappa shape index (κ3) is 4.11. The summed E-state index contributed by atoms with van der Waals surface area (Å²) in [6.45, 7) is 1.62. The number of rotatable bonds is 5. The van der Waals surface area contributed by atoms with E-state index in [1.54, 1.807) is 31.2 Å². The topological polar surface area (TPSA) is 73.2 Å². The normalized spacial score (nSPS) is 11.6. The number of ether oxygens (including phenoxy) is 1. The zero-order valence-electron chi connectivity index (χ0n) is 13.6. The minimum Gasteiger partial charge on any atom is -0.457 e. The highest BCUT2D eigenvalue weighted by atomic mass is 16.5. The van der Waals surface area contributed by atoms with Crippen LogP contribution in [0.5, 0.6) is 11.5 Å². The second kappa shape index (κ2) is 7.44. The number of para-hydroxylation sites is 1. The molecule has 1 unspecified atom stereocenters. The van der Waals surface area contributed by atoms with E-state index in [-0.39, 0.29) is 11.5 Å². The van der Waals surface area contributed by atoms with Crippen LogP contribution in [0, 0.1) is 0 Å². The molecule has 0 spiro atoms. The van der Waals surface area contributed by atoms with E-state index in [0.29, 0.717) is 11.4 Å². The lowest BCUT2D eigenvalue weighted by Gasteiger charge is -2.14. The quantitative estimate of drug-likeness (QED) is 0.777. The number of aromatic nitrogens is 2.